The highest BCUT2D eigenvalue weighted by Crippen LogP contribution is 2.37. The second-order valence-corrected chi connectivity index (χ2v) is 6.44. The molecule has 0 saturated carbocycles. The minimum Gasteiger partial charge on any atom is -0.493 e. The summed E-state index contributed by atoms with van der Waals surface area (Å²) < 4.78 is 16.2. The topological polar surface area (TPSA) is 60.6 Å². The lowest BCUT2D eigenvalue weighted by atomic mass is 10.0. The lowest BCUT2D eigenvalue weighted by Gasteiger charge is -2.24. The van der Waals surface area contributed by atoms with Crippen molar-refractivity contribution in [3.05, 3.63) is 35.5 Å². The van der Waals surface area contributed by atoms with Gasteiger partial charge in [0.15, 0.2) is 17.3 Å². The molecule has 2 aromatic rings. The molecule has 0 amide bonds. The van der Waals surface area contributed by atoms with Crippen LogP contribution in [0.2, 0.25) is 0 Å². The molecule has 1 aliphatic rings. The van der Waals surface area contributed by atoms with Crippen molar-refractivity contribution in [3.8, 4) is 11.5 Å². The molecule has 1 atom stereocenters. The Morgan fingerprint density at radius 2 is 2.04 bits per heavy atom. The monoisotopic (exact) mass is 331 g/mol. The summed E-state index contributed by atoms with van der Waals surface area (Å²) in [5, 5.41) is 4.06. The summed E-state index contributed by atoms with van der Waals surface area (Å²) in [5.74, 6) is 3.26. The molecular weight excluding hydrogens is 306 g/mol. The molecule has 3 rings (SSSR count). The fourth-order valence-electron chi connectivity index (χ4n) is 3.19. The molecule has 0 spiro atoms. The highest BCUT2D eigenvalue weighted by atomic mass is 16.5. The van der Waals surface area contributed by atoms with Gasteiger partial charge in [0.05, 0.1) is 20.8 Å². The zero-order valence-electron chi connectivity index (χ0n) is 14.8. The van der Waals surface area contributed by atoms with Crippen LogP contribution in [0.1, 0.15) is 55.9 Å². The Balaban J connectivity index is 1.77. The highest BCUT2D eigenvalue weighted by molar-refractivity contribution is 5.44. The molecule has 24 heavy (non-hydrogen) atoms. The van der Waals surface area contributed by atoms with Gasteiger partial charge >= 0.3 is 0 Å². The van der Waals surface area contributed by atoms with Crippen molar-refractivity contribution in [3.63, 3.8) is 0 Å². The number of ether oxygens (including phenoxy) is 2. The lowest BCUT2D eigenvalue weighted by molar-refractivity contribution is 0.211. The van der Waals surface area contributed by atoms with Gasteiger partial charge in [0.1, 0.15) is 0 Å². The van der Waals surface area contributed by atoms with Crippen LogP contribution < -0.4 is 9.47 Å². The van der Waals surface area contributed by atoms with E-state index in [1.165, 1.54) is 5.56 Å². The average Bonchev–Trinajstić information content (AvgIpc) is 3.24. The highest BCUT2D eigenvalue weighted by Gasteiger charge is 2.28. The van der Waals surface area contributed by atoms with Gasteiger partial charge in [-0.25, -0.2) is 0 Å². The van der Waals surface area contributed by atoms with E-state index >= 15 is 0 Å². The standard InChI is InChI=1S/C18H25N3O3/c1-12(2)18-19-17(24-20-18)11-21-9-5-6-14(21)13-7-8-15(22-3)16(10-13)23-4/h7-8,10,12,14H,5-6,9,11H2,1-4H3/t14-/m1/s1. The Bertz CT molecular complexity index is 684. The van der Waals surface area contributed by atoms with Crippen molar-refractivity contribution < 1.29 is 14.0 Å². The third-order valence-corrected chi connectivity index (χ3v) is 4.49. The number of likely N-dealkylation sites (tertiary alicyclic amines) is 1. The zero-order chi connectivity index (χ0) is 17.1. The maximum absolute atomic E-state index is 5.44. The first-order valence-corrected chi connectivity index (χ1v) is 8.40. The molecule has 1 saturated heterocycles. The predicted octanol–water partition coefficient (Wildman–Crippen LogP) is 3.55. The number of hydrogen-bond acceptors (Lipinski definition) is 6. The van der Waals surface area contributed by atoms with Crippen LogP contribution >= 0.6 is 0 Å². The van der Waals surface area contributed by atoms with E-state index in [1.54, 1.807) is 14.2 Å². The Labute approximate surface area is 142 Å². The van der Waals surface area contributed by atoms with Crippen LogP contribution in [0.3, 0.4) is 0 Å². The fourth-order valence-corrected chi connectivity index (χ4v) is 3.19. The summed E-state index contributed by atoms with van der Waals surface area (Å²) >= 11 is 0. The van der Waals surface area contributed by atoms with E-state index in [4.69, 9.17) is 14.0 Å². The van der Waals surface area contributed by atoms with E-state index in [2.05, 4.69) is 41.0 Å². The third-order valence-electron chi connectivity index (χ3n) is 4.49. The van der Waals surface area contributed by atoms with Crippen molar-refractivity contribution >= 4 is 0 Å². The number of aromatic nitrogens is 2. The first-order chi connectivity index (χ1) is 11.6. The molecule has 130 valence electrons. The number of hydrogen-bond donors (Lipinski definition) is 0. The van der Waals surface area contributed by atoms with Crippen LogP contribution in [0, 0.1) is 0 Å². The molecule has 2 heterocycles. The van der Waals surface area contributed by atoms with Gasteiger partial charge in [-0.1, -0.05) is 25.1 Å². The van der Waals surface area contributed by atoms with Gasteiger partial charge in [0, 0.05) is 12.0 Å². The Hall–Kier alpha value is -2.08. The van der Waals surface area contributed by atoms with Crippen LogP contribution in [-0.2, 0) is 6.54 Å². The molecule has 1 aromatic carbocycles. The summed E-state index contributed by atoms with van der Waals surface area (Å²) in [6, 6.07) is 6.47. The van der Waals surface area contributed by atoms with Crippen molar-refractivity contribution in [2.45, 2.75) is 45.2 Å². The Morgan fingerprint density at radius 1 is 1.25 bits per heavy atom. The predicted molar refractivity (Wildman–Crippen MR) is 90.3 cm³/mol. The van der Waals surface area contributed by atoms with Crippen LogP contribution in [0.4, 0.5) is 0 Å². The molecule has 0 bridgehead atoms. The first-order valence-electron chi connectivity index (χ1n) is 8.40. The fraction of sp³-hybridized carbons (Fsp3) is 0.556. The van der Waals surface area contributed by atoms with Crippen molar-refractivity contribution in [2.75, 3.05) is 20.8 Å². The molecular formula is C18H25N3O3. The largest absolute Gasteiger partial charge is 0.493 e. The van der Waals surface area contributed by atoms with Crippen LogP contribution in [-0.4, -0.2) is 35.8 Å². The van der Waals surface area contributed by atoms with Gasteiger partial charge in [-0.15, -0.1) is 0 Å². The number of rotatable bonds is 6. The second kappa shape index (κ2) is 7.21. The quantitative estimate of drug-likeness (QED) is 0.807. The Morgan fingerprint density at radius 3 is 2.71 bits per heavy atom. The molecule has 6 nitrogen and oxygen atoms in total. The van der Waals surface area contributed by atoms with Gasteiger partial charge in [-0.05, 0) is 37.1 Å². The first kappa shape index (κ1) is 16.8. The van der Waals surface area contributed by atoms with Crippen LogP contribution in [0.25, 0.3) is 0 Å². The maximum atomic E-state index is 5.44. The minimum absolute atomic E-state index is 0.280. The summed E-state index contributed by atoms with van der Waals surface area (Å²) in [6.07, 6.45) is 2.27. The van der Waals surface area contributed by atoms with Crippen molar-refractivity contribution in [1.29, 1.82) is 0 Å². The van der Waals surface area contributed by atoms with Crippen LogP contribution in [0.15, 0.2) is 22.7 Å². The van der Waals surface area contributed by atoms with Gasteiger partial charge in [-0.2, -0.15) is 4.98 Å². The number of benzene rings is 1. The molecule has 0 radical (unpaired) electrons. The number of methoxy groups -OCH3 is 2. The van der Waals surface area contributed by atoms with Crippen LogP contribution in [0.5, 0.6) is 11.5 Å². The zero-order valence-corrected chi connectivity index (χ0v) is 14.8. The van der Waals surface area contributed by atoms with Crippen molar-refractivity contribution in [2.24, 2.45) is 0 Å². The molecule has 6 heteroatoms. The van der Waals surface area contributed by atoms with E-state index in [-0.39, 0.29) is 5.92 Å². The van der Waals surface area contributed by atoms with E-state index in [1.807, 2.05) is 6.07 Å². The third kappa shape index (κ3) is 3.38. The second-order valence-electron chi connectivity index (χ2n) is 6.44. The van der Waals surface area contributed by atoms with E-state index in [9.17, 15) is 0 Å². The summed E-state index contributed by atoms with van der Waals surface area (Å²) in [4.78, 5) is 6.89. The summed E-state index contributed by atoms with van der Waals surface area (Å²) in [6.45, 7) is 5.84. The van der Waals surface area contributed by atoms with Crippen molar-refractivity contribution in [1.82, 2.24) is 15.0 Å². The minimum atomic E-state index is 0.280. The molecule has 1 aromatic heterocycles. The SMILES string of the molecule is COc1ccc([C@H]2CCCN2Cc2nc(C(C)C)no2)cc1OC. The number of nitrogens with zero attached hydrogens (tertiary/aromatic N) is 3. The summed E-state index contributed by atoms with van der Waals surface area (Å²) in [5.41, 5.74) is 1.23. The van der Waals surface area contributed by atoms with Gasteiger partial charge < -0.3 is 14.0 Å². The molecule has 0 aliphatic carbocycles. The smallest absolute Gasteiger partial charge is 0.240 e. The van der Waals surface area contributed by atoms with E-state index in [0.29, 0.717) is 18.5 Å². The molecule has 0 unspecified atom stereocenters. The van der Waals surface area contributed by atoms with Gasteiger partial charge in [0.2, 0.25) is 5.89 Å². The van der Waals surface area contributed by atoms with E-state index in [0.717, 1.165) is 36.7 Å². The van der Waals surface area contributed by atoms with Gasteiger partial charge in [-0.3, -0.25) is 4.90 Å². The lowest BCUT2D eigenvalue weighted by Crippen LogP contribution is -2.23. The summed E-state index contributed by atoms with van der Waals surface area (Å²) in [7, 11) is 3.32. The molecule has 1 aliphatic heterocycles. The maximum Gasteiger partial charge on any atom is 0.240 e. The average molecular weight is 331 g/mol. The normalized spacial score (nSPS) is 18.3. The Kier molecular flexibility index (Phi) is 5.04. The van der Waals surface area contributed by atoms with E-state index < -0.39 is 0 Å². The molecule has 0 N–H and O–H groups in total. The van der Waals surface area contributed by atoms with Gasteiger partial charge in [0.25, 0.3) is 0 Å². The molecule has 1 fully saturated rings.